The molecule has 3 aromatic rings. The Morgan fingerprint density at radius 2 is 1.73 bits per heavy atom. The number of nitrogens with one attached hydrogen (secondary N) is 1. The molecular formula is C18H12ClF3N4. The van der Waals surface area contributed by atoms with Gasteiger partial charge in [0.2, 0.25) is 0 Å². The Kier molecular flexibility index (Phi) is 5.18. The van der Waals surface area contributed by atoms with Gasteiger partial charge < -0.3 is 0 Å². The number of aromatic nitrogens is 2. The van der Waals surface area contributed by atoms with Gasteiger partial charge in [0.1, 0.15) is 5.71 Å². The second-order valence-electron chi connectivity index (χ2n) is 5.21. The zero-order chi connectivity index (χ0) is 18.6. The van der Waals surface area contributed by atoms with Crippen molar-refractivity contribution in [3.8, 4) is 0 Å². The number of hydrazone groups is 1. The number of rotatable bonds is 4. The monoisotopic (exact) mass is 376 g/mol. The SMILES string of the molecule is FC(F)(F)c1cnc(NN=C(c2ccccc2)c2ccccn2)c(Cl)c1. The van der Waals surface area contributed by atoms with Crippen molar-refractivity contribution in [1.82, 2.24) is 9.97 Å². The van der Waals surface area contributed by atoms with Crippen molar-refractivity contribution in [1.29, 1.82) is 0 Å². The molecule has 2 heterocycles. The Labute approximate surface area is 152 Å². The molecule has 0 aliphatic carbocycles. The van der Waals surface area contributed by atoms with E-state index in [1.165, 1.54) is 0 Å². The highest BCUT2D eigenvalue weighted by Gasteiger charge is 2.31. The average Bonchev–Trinajstić information content (AvgIpc) is 2.64. The number of pyridine rings is 2. The molecule has 0 spiro atoms. The summed E-state index contributed by atoms with van der Waals surface area (Å²) in [6, 6.07) is 15.4. The van der Waals surface area contributed by atoms with Gasteiger partial charge in [0.15, 0.2) is 5.82 Å². The van der Waals surface area contributed by atoms with Crippen molar-refractivity contribution in [2.24, 2.45) is 5.10 Å². The van der Waals surface area contributed by atoms with Crippen LogP contribution in [0.2, 0.25) is 5.02 Å². The highest BCUT2D eigenvalue weighted by molar-refractivity contribution is 6.33. The van der Waals surface area contributed by atoms with Crippen LogP contribution in [0.1, 0.15) is 16.8 Å². The normalized spacial score (nSPS) is 12.1. The third-order valence-electron chi connectivity index (χ3n) is 3.40. The third kappa shape index (κ3) is 4.18. The van der Waals surface area contributed by atoms with E-state index < -0.39 is 11.7 Å². The second kappa shape index (κ2) is 7.53. The Morgan fingerprint density at radius 1 is 1.00 bits per heavy atom. The Hall–Kier alpha value is -2.93. The molecule has 0 aliphatic heterocycles. The van der Waals surface area contributed by atoms with Crippen molar-refractivity contribution in [2.45, 2.75) is 6.18 Å². The van der Waals surface area contributed by atoms with Gasteiger partial charge in [0.25, 0.3) is 0 Å². The fourth-order valence-corrected chi connectivity index (χ4v) is 2.36. The molecule has 0 amide bonds. The number of hydrogen-bond donors (Lipinski definition) is 1. The summed E-state index contributed by atoms with van der Waals surface area (Å²) in [4.78, 5) is 7.98. The Balaban J connectivity index is 1.95. The molecule has 0 aliphatic rings. The molecule has 0 radical (unpaired) electrons. The first kappa shape index (κ1) is 17.9. The van der Waals surface area contributed by atoms with Crippen molar-refractivity contribution < 1.29 is 13.2 Å². The maximum absolute atomic E-state index is 12.7. The van der Waals surface area contributed by atoms with Gasteiger partial charge in [-0.2, -0.15) is 18.3 Å². The predicted octanol–water partition coefficient (Wildman–Crippen LogP) is 5.01. The van der Waals surface area contributed by atoms with E-state index >= 15 is 0 Å². The van der Waals surface area contributed by atoms with Gasteiger partial charge in [-0.3, -0.25) is 10.4 Å². The average molecular weight is 377 g/mol. The van der Waals surface area contributed by atoms with Crippen LogP contribution in [0.15, 0.2) is 72.1 Å². The molecule has 0 unspecified atom stereocenters. The van der Waals surface area contributed by atoms with E-state index in [2.05, 4.69) is 20.5 Å². The fourth-order valence-electron chi connectivity index (χ4n) is 2.15. The molecule has 0 saturated carbocycles. The molecule has 1 aromatic carbocycles. The van der Waals surface area contributed by atoms with Gasteiger partial charge in [-0.15, -0.1) is 0 Å². The summed E-state index contributed by atoms with van der Waals surface area (Å²) < 4.78 is 38.1. The lowest BCUT2D eigenvalue weighted by molar-refractivity contribution is -0.137. The number of anilines is 1. The topological polar surface area (TPSA) is 50.2 Å². The van der Waals surface area contributed by atoms with E-state index in [0.717, 1.165) is 11.6 Å². The number of nitrogens with zero attached hydrogens (tertiary/aromatic N) is 3. The first-order valence-corrected chi connectivity index (χ1v) is 7.86. The molecular weight excluding hydrogens is 365 g/mol. The van der Waals surface area contributed by atoms with Gasteiger partial charge >= 0.3 is 6.18 Å². The predicted molar refractivity (Wildman–Crippen MR) is 94.2 cm³/mol. The minimum Gasteiger partial charge on any atom is -0.259 e. The standard InChI is InChI=1S/C18H12ClF3N4/c19-14-10-13(18(20,21)22)11-24-17(14)26-25-16(12-6-2-1-3-7-12)15-8-4-5-9-23-15/h1-11H,(H,24,26). The molecule has 0 fully saturated rings. The summed E-state index contributed by atoms with van der Waals surface area (Å²) in [5, 5.41) is 4.08. The molecule has 2 aromatic heterocycles. The van der Waals surface area contributed by atoms with E-state index in [9.17, 15) is 13.2 Å². The van der Waals surface area contributed by atoms with Crippen LogP contribution in [0.25, 0.3) is 0 Å². The number of alkyl halides is 3. The van der Waals surface area contributed by atoms with E-state index in [-0.39, 0.29) is 10.8 Å². The zero-order valence-electron chi connectivity index (χ0n) is 13.2. The smallest absolute Gasteiger partial charge is 0.259 e. The molecule has 0 saturated heterocycles. The summed E-state index contributed by atoms with van der Waals surface area (Å²) in [6.07, 6.45) is -2.19. The van der Waals surface area contributed by atoms with Gasteiger partial charge in [0, 0.05) is 18.0 Å². The number of hydrogen-bond acceptors (Lipinski definition) is 4. The maximum atomic E-state index is 12.7. The fraction of sp³-hybridized carbons (Fsp3) is 0.0556. The van der Waals surface area contributed by atoms with E-state index in [4.69, 9.17) is 11.6 Å². The summed E-state index contributed by atoms with van der Waals surface area (Å²) in [6.45, 7) is 0. The van der Waals surface area contributed by atoms with Crippen LogP contribution < -0.4 is 5.43 Å². The quantitative estimate of drug-likeness (QED) is 0.514. The van der Waals surface area contributed by atoms with Crippen LogP contribution in [0.3, 0.4) is 0 Å². The lowest BCUT2D eigenvalue weighted by Crippen LogP contribution is -2.10. The van der Waals surface area contributed by atoms with Crippen LogP contribution in [0.4, 0.5) is 19.0 Å². The highest BCUT2D eigenvalue weighted by atomic mass is 35.5. The second-order valence-corrected chi connectivity index (χ2v) is 5.61. The first-order chi connectivity index (χ1) is 12.4. The van der Waals surface area contributed by atoms with Crippen LogP contribution in [0, 0.1) is 0 Å². The molecule has 0 bridgehead atoms. The zero-order valence-corrected chi connectivity index (χ0v) is 14.0. The number of halogens is 4. The summed E-state index contributed by atoms with van der Waals surface area (Å²) in [5.41, 5.74) is 3.58. The van der Waals surface area contributed by atoms with Gasteiger partial charge in [0.05, 0.1) is 16.3 Å². The lowest BCUT2D eigenvalue weighted by Gasteiger charge is -2.10. The number of benzene rings is 1. The largest absolute Gasteiger partial charge is 0.417 e. The molecule has 0 atom stereocenters. The molecule has 3 rings (SSSR count). The Morgan fingerprint density at radius 3 is 2.35 bits per heavy atom. The molecule has 4 nitrogen and oxygen atoms in total. The van der Waals surface area contributed by atoms with Crippen molar-refractivity contribution in [3.05, 3.63) is 88.8 Å². The van der Waals surface area contributed by atoms with Crippen molar-refractivity contribution in [3.63, 3.8) is 0 Å². The van der Waals surface area contributed by atoms with E-state index in [1.807, 2.05) is 36.4 Å². The minimum atomic E-state index is -4.51. The van der Waals surface area contributed by atoms with Crippen molar-refractivity contribution >= 4 is 23.1 Å². The Bertz CT molecular complexity index is 871. The molecule has 132 valence electrons. The van der Waals surface area contributed by atoms with Crippen LogP contribution in [-0.4, -0.2) is 15.7 Å². The van der Waals surface area contributed by atoms with Gasteiger partial charge in [-0.05, 0) is 18.2 Å². The minimum absolute atomic E-state index is 0.0176. The molecule has 8 heteroatoms. The first-order valence-electron chi connectivity index (χ1n) is 7.48. The van der Waals surface area contributed by atoms with Gasteiger partial charge in [-0.25, -0.2) is 4.98 Å². The molecule has 1 N–H and O–H groups in total. The maximum Gasteiger partial charge on any atom is 0.417 e. The highest BCUT2D eigenvalue weighted by Crippen LogP contribution is 2.32. The van der Waals surface area contributed by atoms with Crippen molar-refractivity contribution in [2.75, 3.05) is 5.43 Å². The summed E-state index contributed by atoms with van der Waals surface area (Å²) in [5.74, 6) is 0.0176. The summed E-state index contributed by atoms with van der Waals surface area (Å²) in [7, 11) is 0. The lowest BCUT2D eigenvalue weighted by atomic mass is 10.1. The van der Waals surface area contributed by atoms with E-state index in [0.29, 0.717) is 17.6 Å². The van der Waals surface area contributed by atoms with Crippen LogP contribution >= 0.6 is 11.6 Å². The third-order valence-corrected chi connectivity index (χ3v) is 3.68. The van der Waals surface area contributed by atoms with Gasteiger partial charge in [-0.1, -0.05) is 48.0 Å². The van der Waals surface area contributed by atoms with Crippen LogP contribution in [0.5, 0.6) is 0 Å². The van der Waals surface area contributed by atoms with E-state index in [1.54, 1.807) is 18.3 Å². The molecule has 26 heavy (non-hydrogen) atoms. The summed E-state index contributed by atoms with van der Waals surface area (Å²) >= 11 is 5.90. The van der Waals surface area contributed by atoms with Crippen LogP contribution in [-0.2, 0) is 6.18 Å².